The van der Waals surface area contributed by atoms with E-state index in [1.54, 1.807) is 29.6 Å². The molecule has 1 N–H and O–H groups in total. The highest BCUT2D eigenvalue weighted by Crippen LogP contribution is 2.26. The summed E-state index contributed by atoms with van der Waals surface area (Å²) in [5.74, 6) is 0.705. The number of benzene rings is 1. The van der Waals surface area contributed by atoms with Gasteiger partial charge in [0.15, 0.2) is 0 Å². The highest BCUT2D eigenvalue weighted by atomic mass is 32.2. The fourth-order valence-electron chi connectivity index (χ4n) is 2.85. The molecule has 0 amide bonds. The number of hydrogen-bond donors (Lipinski definition) is 1. The van der Waals surface area contributed by atoms with Crippen LogP contribution in [0.25, 0.3) is 0 Å². The van der Waals surface area contributed by atoms with Gasteiger partial charge in [0.1, 0.15) is 5.75 Å². The van der Waals surface area contributed by atoms with Crippen LogP contribution in [0.5, 0.6) is 5.75 Å². The maximum absolute atomic E-state index is 12.9. The van der Waals surface area contributed by atoms with Crippen LogP contribution in [0, 0.1) is 6.92 Å². The summed E-state index contributed by atoms with van der Waals surface area (Å²) in [6.45, 7) is 5.93. The lowest BCUT2D eigenvalue weighted by molar-refractivity contribution is 0.274. The Morgan fingerprint density at radius 1 is 1.43 bits per heavy atom. The Morgan fingerprint density at radius 2 is 2.19 bits per heavy atom. The van der Waals surface area contributed by atoms with Crippen LogP contribution in [0.3, 0.4) is 0 Å². The zero-order chi connectivity index (χ0) is 15.5. The number of hydrogen-bond acceptors (Lipinski definition) is 4. The summed E-state index contributed by atoms with van der Waals surface area (Å²) in [5, 5.41) is 3.28. The van der Waals surface area contributed by atoms with Gasteiger partial charge in [0.05, 0.1) is 12.0 Å². The standard InChI is InChI=1S/C15H24N2O3S/c1-4-17(13-6-5-9-16-11-13)21(18,19)14-7-8-15(20-3)12(2)10-14/h7-8,10,13,16H,4-6,9,11H2,1-3H3. The van der Waals surface area contributed by atoms with Crippen molar-refractivity contribution in [2.75, 3.05) is 26.7 Å². The Kier molecular flexibility index (Phi) is 5.24. The fourth-order valence-corrected chi connectivity index (χ4v) is 4.60. The van der Waals surface area contributed by atoms with E-state index in [2.05, 4.69) is 5.32 Å². The van der Waals surface area contributed by atoms with E-state index in [1.807, 2.05) is 13.8 Å². The SMILES string of the molecule is CCN(C1CCCNC1)S(=O)(=O)c1ccc(OC)c(C)c1. The van der Waals surface area contributed by atoms with E-state index < -0.39 is 10.0 Å². The van der Waals surface area contributed by atoms with Crippen molar-refractivity contribution in [1.29, 1.82) is 0 Å². The van der Waals surface area contributed by atoms with Gasteiger partial charge in [-0.05, 0) is 50.1 Å². The van der Waals surface area contributed by atoms with Gasteiger partial charge in [0, 0.05) is 19.1 Å². The molecule has 1 unspecified atom stereocenters. The van der Waals surface area contributed by atoms with Crippen LogP contribution in [0.4, 0.5) is 0 Å². The zero-order valence-corrected chi connectivity index (χ0v) is 13.7. The molecule has 0 spiro atoms. The molecule has 1 heterocycles. The molecular weight excluding hydrogens is 288 g/mol. The molecule has 0 saturated carbocycles. The van der Waals surface area contributed by atoms with Gasteiger partial charge in [-0.1, -0.05) is 6.92 Å². The Balaban J connectivity index is 2.32. The smallest absolute Gasteiger partial charge is 0.243 e. The van der Waals surface area contributed by atoms with Crippen molar-refractivity contribution < 1.29 is 13.2 Å². The van der Waals surface area contributed by atoms with Gasteiger partial charge in [-0.15, -0.1) is 0 Å². The fraction of sp³-hybridized carbons (Fsp3) is 0.600. The molecule has 118 valence electrons. The van der Waals surface area contributed by atoms with Crippen molar-refractivity contribution in [1.82, 2.24) is 9.62 Å². The zero-order valence-electron chi connectivity index (χ0n) is 12.9. The number of rotatable bonds is 5. The van der Waals surface area contributed by atoms with Gasteiger partial charge < -0.3 is 10.1 Å². The molecule has 1 aromatic carbocycles. The van der Waals surface area contributed by atoms with Gasteiger partial charge in [-0.25, -0.2) is 8.42 Å². The first-order valence-electron chi connectivity index (χ1n) is 7.38. The molecule has 0 bridgehead atoms. The van der Waals surface area contributed by atoms with Crippen molar-refractivity contribution in [2.45, 2.75) is 37.6 Å². The first-order chi connectivity index (χ1) is 10.0. The van der Waals surface area contributed by atoms with Crippen LogP contribution in [0.1, 0.15) is 25.3 Å². The van der Waals surface area contributed by atoms with Crippen molar-refractivity contribution in [3.63, 3.8) is 0 Å². The first-order valence-corrected chi connectivity index (χ1v) is 8.82. The quantitative estimate of drug-likeness (QED) is 0.900. The average molecular weight is 312 g/mol. The Labute approximate surface area is 127 Å². The molecule has 1 aromatic rings. The molecule has 1 aliphatic heterocycles. The van der Waals surface area contributed by atoms with Crippen LogP contribution >= 0.6 is 0 Å². The van der Waals surface area contributed by atoms with E-state index in [-0.39, 0.29) is 6.04 Å². The maximum atomic E-state index is 12.9. The normalized spacial score (nSPS) is 19.7. The second-order valence-corrected chi connectivity index (χ2v) is 7.23. The molecular formula is C15H24N2O3S. The lowest BCUT2D eigenvalue weighted by Crippen LogP contribution is -2.48. The number of nitrogens with zero attached hydrogens (tertiary/aromatic N) is 1. The van der Waals surface area contributed by atoms with Gasteiger partial charge >= 0.3 is 0 Å². The molecule has 5 nitrogen and oxygen atoms in total. The van der Waals surface area contributed by atoms with E-state index in [1.165, 1.54) is 0 Å². The predicted octanol–water partition coefficient (Wildman–Crippen LogP) is 1.77. The van der Waals surface area contributed by atoms with Gasteiger partial charge in [-0.3, -0.25) is 0 Å². The third kappa shape index (κ3) is 3.39. The van der Waals surface area contributed by atoms with Crippen molar-refractivity contribution in [3.8, 4) is 5.75 Å². The van der Waals surface area contributed by atoms with Crippen molar-refractivity contribution in [2.24, 2.45) is 0 Å². The van der Waals surface area contributed by atoms with Gasteiger partial charge in [0.25, 0.3) is 0 Å². The second-order valence-electron chi connectivity index (χ2n) is 5.34. The summed E-state index contributed by atoms with van der Waals surface area (Å²) in [6, 6.07) is 5.07. The first kappa shape index (κ1) is 16.3. The van der Waals surface area contributed by atoms with Crippen LogP contribution in [0.15, 0.2) is 23.1 Å². The lowest BCUT2D eigenvalue weighted by Gasteiger charge is -2.33. The number of methoxy groups -OCH3 is 1. The van der Waals surface area contributed by atoms with E-state index in [4.69, 9.17) is 4.74 Å². The molecule has 1 atom stereocenters. The molecule has 0 aliphatic carbocycles. The van der Waals surface area contributed by atoms with Crippen molar-refractivity contribution >= 4 is 10.0 Å². The number of nitrogens with one attached hydrogen (secondary N) is 1. The van der Waals surface area contributed by atoms with Crippen LogP contribution < -0.4 is 10.1 Å². The number of ether oxygens (including phenoxy) is 1. The largest absolute Gasteiger partial charge is 0.496 e. The summed E-state index contributed by atoms with van der Waals surface area (Å²) >= 11 is 0. The summed E-state index contributed by atoms with van der Waals surface area (Å²) in [4.78, 5) is 0.341. The summed E-state index contributed by atoms with van der Waals surface area (Å²) < 4.78 is 32.6. The summed E-state index contributed by atoms with van der Waals surface area (Å²) in [6.07, 6.45) is 1.92. The highest BCUT2D eigenvalue weighted by molar-refractivity contribution is 7.89. The van der Waals surface area contributed by atoms with E-state index in [9.17, 15) is 8.42 Å². The minimum Gasteiger partial charge on any atom is -0.496 e. The topological polar surface area (TPSA) is 58.6 Å². The third-order valence-electron chi connectivity index (χ3n) is 3.96. The number of likely N-dealkylation sites (N-methyl/N-ethyl adjacent to an activating group) is 1. The number of aryl methyl sites for hydroxylation is 1. The van der Waals surface area contributed by atoms with Gasteiger partial charge in [-0.2, -0.15) is 4.31 Å². The molecule has 0 radical (unpaired) electrons. The second kappa shape index (κ2) is 6.77. The minimum atomic E-state index is -3.46. The number of sulfonamides is 1. The van der Waals surface area contributed by atoms with Crippen LogP contribution in [-0.2, 0) is 10.0 Å². The van der Waals surface area contributed by atoms with E-state index in [0.717, 1.165) is 31.5 Å². The van der Waals surface area contributed by atoms with Crippen LogP contribution in [-0.4, -0.2) is 45.5 Å². The average Bonchev–Trinajstić information content (AvgIpc) is 2.48. The summed E-state index contributed by atoms with van der Waals surface area (Å²) in [7, 11) is -1.87. The van der Waals surface area contributed by atoms with Gasteiger partial charge in [0.2, 0.25) is 10.0 Å². The molecule has 1 fully saturated rings. The Bertz CT molecular complexity index is 581. The Morgan fingerprint density at radius 3 is 2.71 bits per heavy atom. The van der Waals surface area contributed by atoms with E-state index >= 15 is 0 Å². The minimum absolute atomic E-state index is 0.0381. The highest BCUT2D eigenvalue weighted by Gasteiger charge is 2.31. The maximum Gasteiger partial charge on any atom is 0.243 e. The third-order valence-corrected chi connectivity index (χ3v) is 5.99. The molecule has 21 heavy (non-hydrogen) atoms. The molecule has 1 saturated heterocycles. The molecule has 6 heteroatoms. The monoisotopic (exact) mass is 312 g/mol. The van der Waals surface area contributed by atoms with Crippen LogP contribution in [0.2, 0.25) is 0 Å². The predicted molar refractivity (Wildman–Crippen MR) is 83.2 cm³/mol. The van der Waals surface area contributed by atoms with Crippen molar-refractivity contribution in [3.05, 3.63) is 23.8 Å². The molecule has 1 aliphatic rings. The Hall–Kier alpha value is -1.11. The lowest BCUT2D eigenvalue weighted by atomic mass is 10.1. The molecule has 0 aromatic heterocycles. The van der Waals surface area contributed by atoms with E-state index in [0.29, 0.717) is 17.2 Å². The number of piperidine rings is 1. The summed E-state index contributed by atoms with van der Waals surface area (Å²) in [5.41, 5.74) is 0.830. The molecule has 2 rings (SSSR count).